The van der Waals surface area contributed by atoms with Gasteiger partial charge in [-0.15, -0.1) is 0 Å². The summed E-state index contributed by atoms with van der Waals surface area (Å²) >= 11 is 0. The molecule has 9 nitrogen and oxygen atoms in total. The van der Waals surface area contributed by atoms with Crippen LogP contribution < -0.4 is 10.9 Å². The first-order chi connectivity index (χ1) is 16.6. The molecular weight excluding hydrogens is 466 g/mol. The molecule has 0 radical (unpaired) electrons. The highest BCUT2D eigenvalue weighted by Gasteiger charge is 2.21. The molecule has 0 fully saturated rings. The summed E-state index contributed by atoms with van der Waals surface area (Å²) in [5.74, 6) is -0.561. The number of carbonyl (C=O) groups is 1. The van der Waals surface area contributed by atoms with Crippen molar-refractivity contribution < 1.29 is 13.2 Å². The Morgan fingerprint density at radius 3 is 2.46 bits per heavy atom. The number of hydrogen-bond donors (Lipinski definition) is 1. The van der Waals surface area contributed by atoms with Gasteiger partial charge in [-0.05, 0) is 55.8 Å². The zero-order chi connectivity index (χ0) is 25.3. The fourth-order valence-electron chi connectivity index (χ4n) is 3.84. The molecule has 10 heteroatoms. The van der Waals surface area contributed by atoms with E-state index in [-0.39, 0.29) is 17.0 Å². The normalized spacial score (nSPS) is 11.4. The molecule has 4 rings (SSSR count). The van der Waals surface area contributed by atoms with Gasteiger partial charge in [0.25, 0.3) is 11.5 Å². The number of rotatable bonds is 6. The Kier molecular flexibility index (Phi) is 6.40. The van der Waals surface area contributed by atoms with E-state index in [1.807, 2.05) is 44.2 Å². The van der Waals surface area contributed by atoms with E-state index in [0.29, 0.717) is 22.6 Å². The first-order valence-corrected chi connectivity index (χ1v) is 12.7. The van der Waals surface area contributed by atoms with Gasteiger partial charge in [-0.25, -0.2) is 8.42 Å². The van der Waals surface area contributed by atoms with E-state index in [0.717, 1.165) is 17.5 Å². The Morgan fingerprint density at radius 2 is 1.86 bits per heavy atom. The van der Waals surface area contributed by atoms with Gasteiger partial charge in [0.2, 0.25) is 0 Å². The van der Waals surface area contributed by atoms with Crippen LogP contribution in [0.2, 0.25) is 0 Å². The summed E-state index contributed by atoms with van der Waals surface area (Å²) in [7, 11) is -1.57. The van der Waals surface area contributed by atoms with Crippen molar-refractivity contribution in [2.45, 2.75) is 25.3 Å². The Balaban J connectivity index is 1.75. The molecule has 0 spiro atoms. The van der Waals surface area contributed by atoms with Crippen LogP contribution in [0.1, 0.15) is 27.3 Å². The SMILES string of the molecule is Cc1cccc(-n2c(C)c(-c3ccnn3C)cc(C(=O)NCc3ccc(S(C)(=O)=O)cn3)c2=O)c1. The lowest BCUT2D eigenvalue weighted by atomic mass is 10.1. The Bertz CT molecular complexity index is 1590. The Hall–Kier alpha value is -4.05. The molecule has 35 heavy (non-hydrogen) atoms. The fourth-order valence-corrected chi connectivity index (χ4v) is 4.40. The predicted octanol–water partition coefficient (Wildman–Crippen LogP) is 2.58. The van der Waals surface area contributed by atoms with Crippen LogP contribution in [-0.4, -0.2) is 39.9 Å². The van der Waals surface area contributed by atoms with Crippen molar-refractivity contribution in [3.63, 3.8) is 0 Å². The van der Waals surface area contributed by atoms with E-state index in [2.05, 4.69) is 15.4 Å². The highest BCUT2D eigenvalue weighted by atomic mass is 32.2. The molecule has 0 unspecified atom stereocenters. The van der Waals surface area contributed by atoms with Gasteiger partial charge in [0.05, 0.1) is 22.8 Å². The molecular formula is C25H25N5O4S. The Morgan fingerprint density at radius 1 is 1.09 bits per heavy atom. The molecule has 3 heterocycles. The summed E-state index contributed by atoms with van der Waals surface area (Å²) in [5.41, 5.74) is 3.77. The van der Waals surface area contributed by atoms with Crippen LogP contribution in [0.25, 0.3) is 16.9 Å². The van der Waals surface area contributed by atoms with Gasteiger partial charge >= 0.3 is 0 Å². The fraction of sp³-hybridized carbons (Fsp3) is 0.200. The van der Waals surface area contributed by atoms with Crippen LogP contribution in [-0.2, 0) is 23.4 Å². The third kappa shape index (κ3) is 4.92. The van der Waals surface area contributed by atoms with E-state index in [1.165, 1.54) is 22.9 Å². The van der Waals surface area contributed by atoms with Crippen LogP contribution in [0.3, 0.4) is 0 Å². The first-order valence-electron chi connectivity index (χ1n) is 10.8. The van der Waals surface area contributed by atoms with Crippen molar-refractivity contribution >= 4 is 15.7 Å². The maximum atomic E-state index is 13.5. The van der Waals surface area contributed by atoms with Crippen molar-refractivity contribution in [2.75, 3.05) is 6.26 Å². The maximum Gasteiger partial charge on any atom is 0.268 e. The van der Waals surface area contributed by atoms with Crippen molar-refractivity contribution in [3.05, 3.63) is 93.8 Å². The largest absolute Gasteiger partial charge is 0.346 e. The molecule has 0 bridgehead atoms. The minimum Gasteiger partial charge on any atom is -0.346 e. The van der Waals surface area contributed by atoms with Gasteiger partial charge in [0.15, 0.2) is 9.84 Å². The van der Waals surface area contributed by atoms with Crippen molar-refractivity contribution in [1.82, 2.24) is 24.6 Å². The molecule has 0 aliphatic carbocycles. The molecule has 180 valence electrons. The molecule has 1 N–H and O–H groups in total. The van der Waals surface area contributed by atoms with E-state index < -0.39 is 21.3 Å². The van der Waals surface area contributed by atoms with Crippen LogP contribution in [0.15, 0.2) is 70.6 Å². The smallest absolute Gasteiger partial charge is 0.268 e. The number of aryl methyl sites for hydroxylation is 2. The number of benzene rings is 1. The third-order valence-electron chi connectivity index (χ3n) is 5.70. The number of pyridine rings is 2. The topological polar surface area (TPSA) is 116 Å². The van der Waals surface area contributed by atoms with Crippen LogP contribution in [0.4, 0.5) is 0 Å². The number of carbonyl (C=O) groups excluding carboxylic acids is 1. The second-order valence-corrected chi connectivity index (χ2v) is 10.3. The number of nitrogens with zero attached hydrogens (tertiary/aromatic N) is 4. The number of nitrogens with one attached hydrogen (secondary N) is 1. The monoisotopic (exact) mass is 491 g/mol. The summed E-state index contributed by atoms with van der Waals surface area (Å²) in [6.07, 6.45) is 4.00. The molecule has 0 atom stereocenters. The number of aromatic nitrogens is 4. The summed E-state index contributed by atoms with van der Waals surface area (Å²) in [6.45, 7) is 3.80. The number of amides is 1. The minimum atomic E-state index is -3.37. The standard InChI is InChI=1S/C25H25N5O4S/c1-16-6-5-7-19(12-16)30-17(2)21(23-10-11-28-29(23)3)13-22(25(30)32)24(31)27-14-18-8-9-20(15-26-18)35(4,33)34/h5-13,15H,14H2,1-4H3,(H,27,31). The van der Waals surface area contributed by atoms with Crippen molar-refractivity contribution in [2.24, 2.45) is 7.05 Å². The number of sulfone groups is 1. The van der Waals surface area contributed by atoms with Crippen LogP contribution >= 0.6 is 0 Å². The molecule has 1 aromatic carbocycles. The predicted molar refractivity (Wildman–Crippen MR) is 132 cm³/mol. The number of hydrogen-bond acceptors (Lipinski definition) is 6. The van der Waals surface area contributed by atoms with E-state index >= 15 is 0 Å². The molecule has 0 aliphatic rings. The van der Waals surface area contributed by atoms with Gasteiger partial charge < -0.3 is 5.32 Å². The van der Waals surface area contributed by atoms with E-state index in [1.54, 1.807) is 24.0 Å². The first kappa shape index (κ1) is 24.1. The lowest BCUT2D eigenvalue weighted by Crippen LogP contribution is -2.33. The lowest BCUT2D eigenvalue weighted by molar-refractivity contribution is 0.0948. The summed E-state index contributed by atoms with van der Waals surface area (Å²) in [4.78, 5) is 30.9. The molecule has 1 amide bonds. The van der Waals surface area contributed by atoms with Crippen molar-refractivity contribution in [1.29, 1.82) is 0 Å². The minimum absolute atomic E-state index is 0.0268. The van der Waals surface area contributed by atoms with E-state index in [4.69, 9.17) is 0 Å². The van der Waals surface area contributed by atoms with Gasteiger partial charge in [-0.2, -0.15) is 5.10 Å². The Labute approximate surface area is 203 Å². The molecule has 0 saturated carbocycles. The van der Waals surface area contributed by atoms with Crippen LogP contribution in [0, 0.1) is 13.8 Å². The second-order valence-electron chi connectivity index (χ2n) is 8.32. The summed E-state index contributed by atoms with van der Waals surface area (Å²) in [6, 6.07) is 13.9. The zero-order valence-electron chi connectivity index (χ0n) is 19.8. The van der Waals surface area contributed by atoms with Crippen molar-refractivity contribution in [3.8, 4) is 16.9 Å². The average Bonchev–Trinajstić information content (AvgIpc) is 3.23. The van der Waals surface area contributed by atoms with Gasteiger partial charge in [0, 0.05) is 42.6 Å². The second kappa shape index (κ2) is 9.30. The molecule has 3 aromatic heterocycles. The van der Waals surface area contributed by atoms with Gasteiger partial charge in [0.1, 0.15) is 5.56 Å². The zero-order valence-corrected chi connectivity index (χ0v) is 20.6. The molecule has 4 aromatic rings. The van der Waals surface area contributed by atoms with Gasteiger partial charge in [-0.3, -0.25) is 23.8 Å². The summed E-state index contributed by atoms with van der Waals surface area (Å²) in [5, 5.41) is 6.95. The lowest BCUT2D eigenvalue weighted by Gasteiger charge is -2.17. The maximum absolute atomic E-state index is 13.5. The summed E-state index contributed by atoms with van der Waals surface area (Å²) < 4.78 is 26.5. The highest BCUT2D eigenvalue weighted by Crippen LogP contribution is 2.25. The third-order valence-corrected chi connectivity index (χ3v) is 6.80. The molecule has 0 saturated heterocycles. The van der Waals surface area contributed by atoms with Crippen LogP contribution in [0.5, 0.6) is 0 Å². The average molecular weight is 492 g/mol. The quantitative estimate of drug-likeness (QED) is 0.443. The van der Waals surface area contributed by atoms with E-state index in [9.17, 15) is 18.0 Å². The molecule has 0 aliphatic heterocycles. The van der Waals surface area contributed by atoms with Gasteiger partial charge in [-0.1, -0.05) is 12.1 Å². The highest BCUT2D eigenvalue weighted by molar-refractivity contribution is 7.90.